The van der Waals surface area contributed by atoms with E-state index in [0.29, 0.717) is 25.4 Å². The van der Waals surface area contributed by atoms with Gasteiger partial charge in [-0.1, -0.05) is 13.8 Å². The Morgan fingerprint density at radius 1 is 1.26 bits per heavy atom. The molecule has 1 saturated carbocycles. The Balaban J connectivity index is 1.83. The van der Waals surface area contributed by atoms with Crippen LogP contribution in [-0.2, 0) is 22.5 Å². The number of hydrogen-bond donors (Lipinski definition) is 0. The van der Waals surface area contributed by atoms with Crippen LogP contribution in [0, 0.1) is 17.2 Å². The molecule has 4 nitrogen and oxygen atoms in total. The van der Waals surface area contributed by atoms with Gasteiger partial charge in [-0.2, -0.15) is 0 Å². The lowest BCUT2D eigenvalue weighted by Gasteiger charge is -2.33. The Hall–Kier alpha value is -1.91. The van der Waals surface area contributed by atoms with E-state index in [9.17, 15) is 14.0 Å². The highest BCUT2D eigenvalue weighted by atomic mass is 19.1. The van der Waals surface area contributed by atoms with Crippen LogP contribution in [0.4, 0.5) is 4.39 Å². The summed E-state index contributed by atoms with van der Waals surface area (Å²) in [5.74, 6) is -0.735. The highest BCUT2D eigenvalue weighted by Gasteiger charge is 2.53. The van der Waals surface area contributed by atoms with Gasteiger partial charge in [0.25, 0.3) is 0 Å². The Morgan fingerprint density at radius 2 is 1.96 bits per heavy atom. The number of halogens is 1. The summed E-state index contributed by atoms with van der Waals surface area (Å²) in [4.78, 5) is 26.2. The van der Waals surface area contributed by atoms with Crippen LogP contribution in [0.3, 0.4) is 0 Å². The Bertz CT molecular complexity index is 664. The molecule has 1 fully saturated rings. The maximum absolute atomic E-state index is 14.1. The first-order chi connectivity index (χ1) is 10.9. The molecule has 0 atom stereocenters. The predicted octanol–water partition coefficient (Wildman–Crippen LogP) is 2.93. The fraction of sp³-hybridized carbons (Fsp3) is 0.556. The molecule has 23 heavy (non-hydrogen) atoms. The van der Waals surface area contributed by atoms with Crippen LogP contribution < -0.4 is 0 Å². The van der Waals surface area contributed by atoms with E-state index >= 15 is 0 Å². The molecule has 0 aromatic heterocycles. The van der Waals surface area contributed by atoms with Crippen molar-refractivity contribution in [2.24, 2.45) is 11.3 Å². The molecule has 0 saturated heterocycles. The van der Waals surface area contributed by atoms with E-state index < -0.39 is 11.8 Å². The molecule has 1 aromatic rings. The molecule has 0 bridgehead atoms. The summed E-state index contributed by atoms with van der Waals surface area (Å²) in [6, 6.07) is 2.93. The van der Waals surface area contributed by atoms with Crippen molar-refractivity contribution in [2.45, 2.75) is 39.7 Å². The first-order valence-corrected chi connectivity index (χ1v) is 8.08. The molecule has 1 heterocycles. The molecule has 1 amide bonds. The number of hydrogen-bond acceptors (Lipinski definition) is 3. The molecule has 124 valence electrons. The van der Waals surface area contributed by atoms with Crippen LogP contribution in [0.15, 0.2) is 12.1 Å². The number of carbonyl (C=O) groups is 2. The number of ether oxygens (including phenoxy) is 1. The molecule has 3 rings (SSSR count). The normalized spacial score (nSPS) is 18.6. The zero-order valence-corrected chi connectivity index (χ0v) is 13.8. The van der Waals surface area contributed by atoms with Crippen LogP contribution in [0.1, 0.15) is 48.2 Å². The van der Waals surface area contributed by atoms with Crippen molar-refractivity contribution in [1.29, 1.82) is 0 Å². The highest BCUT2D eigenvalue weighted by molar-refractivity contribution is 5.90. The van der Waals surface area contributed by atoms with Crippen molar-refractivity contribution in [1.82, 2.24) is 4.90 Å². The van der Waals surface area contributed by atoms with E-state index in [1.807, 2.05) is 4.90 Å². The minimum Gasteiger partial charge on any atom is -0.465 e. The van der Waals surface area contributed by atoms with Crippen LogP contribution in [0.5, 0.6) is 0 Å². The van der Waals surface area contributed by atoms with Gasteiger partial charge < -0.3 is 9.64 Å². The van der Waals surface area contributed by atoms with E-state index in [1.54, 1.807) is 6.07 Å². The predicted molar refractivity (Wildman–Crippen MR) is 83.4 cm³/mol. The summed E-state index contributed by atoms with van der Waals surface area (Å²) in [5, 5.41) is 0. The van der Waals surface area contributed by atoms with Crippen molar-refractivity contribution in [3.63, 3.8) is 0 Å². The second kappa shape index (κ2) is 5.62. The number of amides is 1. The smallest absolute Gasteiger partial charge is 0.340 e. The molecule has 1 aromatic carbocycles. The highest BCUT2D eigenvalue weighted by Crippen LogP contribution is 2.53. The molecule has 1 aliphatic heterocycles. The van der Waals surface area contributed by atoms with Gasteiger partial charge in [0.15, 0.2) is 0 Å². The van der Waals surface area contributed by atoms with E-state index in [-0.39, 0.29) is 16.9 Å². The second-order valence-electron chi connectivity index (χ2n) is 6.88. The van der Waals surface area contributed by atoms with Gasteiger partial charge in [-0.3, -0.25) is 4.79 Å². The number of methoxy groups -OCH3 is 1. The minimum atomic E-state index is -0.666. The third-order valence-corrected chi connectivity index (χ3v) is 5.31. The summed E-state index contributed by atoms with van der Waals surface area (Å²) in [5.41, 5.74) is 1.47. The molecule has 2 aliphatic rings. The average molecular weight is 319 g/mol. The quantitative estimate of drug-likeness (QED) is 0.805. The summed E-state index contributed by atoms with van der Waals surface area (Å²) >= 11 is 0. The van der Waals surface area contributed by atoms with Crippen LogP contribution >= 0.6 is 0 Å². The SMILES string of the molecule is COC(=O)c1cc2c(cc1F)CN(C(=O)C1(C(C)C)CC1)CC2. The fourth-order valence-corrected chi connectivity index (χ4v) is 3.51. The minimum absolute atomic E-state index is 0.0353. The first-order valence-electron chi connectivity index (χ1n) is 8.08. The number of rotatable bonds is 3. The fourth-order valence-electron chi connectivity index (χ4n) is 3.51. The van der Waals surface area contributed by atoms with Crippen LogP contribution in [-0.4, -0.2) is 30.4 Å². The Morgan fingerprint density at radius 3 is 2.52 bits per heavy atom. The van der Waals surface area contributed by atoms with Gasteiger partial charge in [0.1, 0.15) is 5.82 Å². The second-order valence-corrected chi connectivity index (χ2v) is 6.88. The van der Waals surface area contributed by atoms with Crippen molar-refractivity contribution in [3.05, 3.63) is 34.6 Å². The van der Waals surface area contributed by atoms with Crippen molar-refractivity contribution >= 4 is 11.9 Å². The molecule has 0 spiro atoms. The van der Waals surface area contributed by atoms with E-state index in [0.717, 1.165) is 24.0 Å². The third kappa shape index (κ3) is 2.62. The molecular formula is C18H22FNO3. The maximum Gasteiger partial charge on any atom is 0.340 e. The molecule has 0 N–H and O–H groups in total. The molecule has 0 radical (unpaired) electrons. The van der Waals surface area contributed by atoms with Gasteiger partial charge in [-0.25, -0.2) is 9.18 Å². The number of benzene rings is 1. The van der Waals surface area contributed by atoms with E-state index in [1.165, 1.54) is 13.2 Å². The van der Waals surface area contributed by atoms with E-state index in [2.05, 4.69) is 18.6 Å². The standard InChI is InChI=1S/C18H22FNO3/c1-11(2)18(5-6-18)17(22)20-7-4-12-8-14(16(21)23-3)15(19)9-13(12)10-20/h8-9,11H,4-7,10H2,1-3H3. The summed E-state index contributed by atoms with van der Waals surface area (Å²) in [6.45, 7) is 5.21. The number of nitrogens with zero attached hydrogens (tertiary/aromatic N) is 1. The Kier molecular flexibility index (Phi) is 3.90. The summed E-state index contributed by atoms with van der Waals surface area (Å²) in [7, 11) is 1.24. The lowest BCUT2D eigenvalue weighted by molar-refractivity contribution is -0.139. The van der Waals surface area contributed by atoms with Gasteiger partial charge in [0.2, 0.25) is 5.91 Å². The maximum atomic E-state index is 14.1. The largest absolute Gasteiger partial charge is 0.465 e. The number of carbonyl (C=O) groups excluding carboxylic acids is 2. The van der Waals surface area contributed by atoms with Crippen LogP contribution in [0.2, 0.25) is 0 Å². The average Bonchev–Trinajstić information content (AvgIpc) is 3.34. The van der Waals surface area contributed by atoms with Crippen molar-refractivity contribution in [2.75, 3.05) is 13.7 Å². The van der Waals surface area contributed by atoms with Crippen LogP contribution in [0.25, 0.3) is 0 Å². The summed E-state index contributed by atoms with van der Waals surface area (Å²) in [6.07, 6.45) is 2.53. The number of fused-ring (bicyclic) bond motifs is 1. The van der Waals surface area contributed by atoms with Crippen molar-refractivity contribution < 1.29 is 18.7 Å². The zero-order valence-electron chi connectivity index (χ0n) is 13.8. The lowest BCUT2D eigenvalue weighted by atomic mass is 9.89. The van der Waals surface area contributed by atoms with Gasteiger partial charge in [0, 0.05) is 13.1 Å². The number of esters is 1. The molecule has 5 heteroatoms. The van der Waals surface area contributed by atoms with E-state index in [4.69, 9.17) is 0 Å². The lowest BCUT2D eigenvalue weighted by Crippen LogP contribution is -2.42. The molecule has 0 unspecified atom stereocenters. The first kappa shape index (κ1) is 16.0. The van der Waals surface area contributed by atoms with Crippen molar-refractivity contribution in [3.8, 4) is 0 Å². The zero-order chi connectivity index (χ0) is 16.8. The topological polar surface area (TPSA) is 46.6 Å². The van der Waals surface area contributed by atoms with Gasteiger partial charge >= 0.3 is 5.97 Å². The molecule has 1 aliphatic carbocycles. The molecular weight excluding hydrogens is 297 g/mol. The Labute approximate surface area is 135 Å². The third-order valence-electron chi connectivity index (χ3n) is 5.31. The van der Waals surface area contributed by atoms with Gasteiger partial charge in [0.05, 0.1) is 18.1 Å². The van der Waals surface area contributed by atoms with Gasteiger partial charge in [-0.15, -0.1) is 0 Å². The summed E-state index contributed by atoms with van der Waals surface area (Å²) < 4.78 is 18.7. The van der Waals surface area contributed by atoms with Gasteiger partial charge in [-0.05, 0) is 48.4 Å². The monoisotopic (exact) mass is 319 g/mol.